The van der Waals surface area contributed by atoms with Crippen molar-refractivity contribution < 1.29 is 4.52 Å². The lowest BCUT2D eigenvalue weighted by atomic mass is 9.96. The summed E-state index contributed by atoms with van der Waals surface area (Å²) in [6.07, 6.45) is 1.01. The van der Waals surface area contributed by atoms with Gasteiger partial charge < -0.3 is 15.2 Å². The van der Waals surface area contributed by atoms with Crippen LogP contribution in [0.25, 0.3) is 0 Å². The maximum absolute atomic E-state index is 6.08. The van der Waals surface area contributed by atoms with Crippen LogP contribution < -0.4 is 10.6 Å². The third kappa shape index (κ3) is 2.24. The van der Waals surface area contributed by atoms with E-state index in [0.29, 0.717) is 12.4 Å². The van der Waals surface area contributed by atoms with E-state index in [2.05, 4.69) is 41.9 Å². The van der Waals surface area contributed by atoms with Gasteiger partial charge in [-0.25, -0.2) is 0 Å². The van der Waals surface area contributed by atoms with E-state index < -0.39 is 0 Å². The molecule has 2 aromatic rings. The van der Waals surface area contributed by atoms with Gasteiger partial charge in [-0.05, 0) is 18.1 Å². The number of hydrogen-bond donors (Lipinski definition) is 1. The summed E-state index contributed by atoms with van der Waals surface area (Å²) in [4.78, 5) is 6.70. The molecule has 106 valence electrons. The molecule has 1 aromatic carbocycles. The van der Waals surface area contributed by atoms with Crippen LogP contribution in [0.1, 0.15) is 38.0 Å². The highest BCUT2D eigenvalue weighted by atomic mass is 16.5. The van der Waals surface area contributed by atoms with E-state index in [9.17, 15) is 0 Å². The van der Waals surface area contributed by atoms with Gasteiger partial charge in [0.05, 0.1) is 17.9 Å². The van der Waals surface area contributed by atoms with Crippen LogP contribution in [-0.4, -0.2) is 16.7 Å². The van der Waals surface area contributed by atoms with Crippen molar-refractivity contribution >= 4 is 11.4 Å². The topological polar surface area (TPSA) is 68.2 Å². The van der Waals surface area contributed by atoms with E-state index in [-0.39, 0.29) is 5.41 Å². The first kappa shape index (κ1) is 13.0. The van der Waals surface area contributed by atoms with E-state index in [0.717, 1.165) is 30.2 Å². The molecule has 0 bridgehead atoms. The Morgan fingerprint density at radius 2 is 2.15 bits per heavy atom. The highest BCUT2D eigenvalue weighted by Crippen LogP contribution is 2.34. The zero-order chi connectivity index (χ0) is 14.3. The van der Waals surface area contributed by atoms with Gasteiger partial charge in [0.1, 0.15) is 0 Å². The van der Waals surface area contributed by atoms with Crippen LogP contribution in [-0.2, 0) is 18.4 Å². The summed E-state index contributed by atoms with van der Waals surface area (Å²) in [5, 5.41) is 4.06. The number of hydrogen-bond acceptors (Lipinski definition) is 5. The number of para-hydroxylation sites is 1. The van der Waals surface area contributed by atoms with Gasteiger partial charge in [0.2, 0.25) is 5.89 Å². The lowest BCUT2D eigenvalue weighted by Crippen LogP contribution is -2.21. The number of anilines is 2. The molecule has 2 heterocycles. The number of nitrogens with two attached hydrogens (primary N) is 1. The summed E-state index contributed by atoms with van der Waals surface area (Å²) in [6, 6.07) is 6.06. The van der Waals surface area contributed by atoms with Crippen LogP contribution in [0, 0.1) is 0 Å². The van der Waals surface area contributed by atoms with Gasteiger partial charge in [-0.15, -0.1) is 0 Å². The molecular weight excluding hydrogens is 252 g/mol. The zero-order valence-electron chi connectivity index (χ0n) is 12.2. The normalized spacial score (nSPS) is 14.7. The second-order valence-electron chi connectivity index (χ2n) is 6.29. The summed E-state index contributed by atoms with van der Waals surface area (Å²) < 4.78 is 5.36. The minimum absolute atomic E-state index is 0.0936. The van der Waals surface area contributed by atoms with E-state index in [1.807, 2.05) is 12.1 Å². The van der Waals surface area contributed by atoms with E-state index in [1.54, 1.807) is 0 Å². The van der Waals surface area contributed by atoms with Gasteiger partial charge in [-0.3, -0.25) is 0 Å². The molecule has 3 rings (SSSR count). The summed E-state index contributed by atoms with van der Waals surface area (Å²) in [5.74, 6) is 1.39. The Morgan fingerprint density at radius 3 is 2.85 bits per heavy atom. The smallest absolute Gasteiger partial charge is 0.246 e. The molecule has 0 saturated heterocycles. The molecule has 0 atom stereocenters. The second-order valence-corrected chi connectivity index (χ2v) is 6.29. The minimum atomic E-state index is -0.0936. The molecule has 0 saturated carbocycles. The Bertz CT molecular complexity index is 627. The van der Waals surface area contributed by atoms with Crippen molar-refractivity contribution in [2.45, 2.75) is 39.2 Å². The molecule has 1 aromatic heterocycles. The molecule has 0 amide bonds. The van der Waals surface area contributed by atoms with E-state index >= 15 is 0 Å². The summed E-state index contributed by atoms with van der Waals surface area (Å²) >= 11 is 0. The van der Waals surface area contributed by atoms with Crippen LogP contribution in [0.2, 0.25) is 0 Å². The van der Waals surface area contributed by atoms with Gasteiger partial charge in [0, 0.05) is 12.0 Å². The Morgan fingerprint density at radius 1 is 1.35 bits per heavy atom. The summed E-state index contributed by atoms with van der Waals surface area (Å²) in [7, 11) is 0. The van der Waals surface area contributed by atoms with E-state index in [1.165, 1.54) is 5.56 Å². The molecular formula is C15H20N4O. The maximum Gasteiger partial charge on any atom is 0.246 e. The van der Waals surface area contributed by atoms with Crippen LogP contribution in [0.3, 0.4) is 0 Å². The van der Waals surface area contributed by atoms with Gasteiger partial charge in [0.15, 0.2) is 5.82 Å². The fourth-order valence-electron chi connectivity index (χ4n) is 2.51. The predicted octanol–water partition coefficient (Wildman–Crippen LogP) is 2.51. The molecule has 0 aliphatic carbocycles. The molecule has 0 spiro atoms. The lowest BCUT2D eigenvalue weighted by molar-refractivity contribution is 0.362. The van der Waals surface area contributed by atoms with Gasteiger partial charge >= 0.3 is 0 Å². The van der Waals surface area contributed by atoms with Gasteiger partial charge in [0.25, 0.3) is 0 Å². The average molecular weight is 272 g/mol. The van der Waals surface area contributed by atoms with Crippen LogP contribution in [0.15, 0.2) is 22.7 Å². The first-order chi connectivity index (χ1) is 9.45. The quantitative estimate of drug-likeness (QED) is 0.851. The highest BCUT2D eigenvalue weighted by Gasteiger charge is 2.25. The minimum Gasteiger partial charge on any atom is -0.397 e. The zero-order valence-corrected chi connectivity index (χ0v) is 12.2. The second kappa shape index (κ2) is 4.51. The van der Waals surface area contributed by atoms with Gasteiger partial charge in [-0.2, -0.15) is 4.98 Å². The van der Waals surface area contributed by atoms with Crippen molar-refractivity contribution in [3.05, 3.63) is 35.5 Å². The maximum atomic E-state index is 6.08. The lowest BCUT2D eigenvalue weighted by Gasteiger charge is -2.18. The van der Waals surface area contributed by atoms with Gasteiger partial charge in [-0.1, -0.05) is 38.1 Å². The molecule has 5 nitrogen and oxygen atoms in total. The number of aromatic nitrogens is 2. The number of rotatable bonds is 2. The summed E-state index contributed by atoms with van der Waals surface area (Å²) in [6.45, 7) is 7.78. The number of nitrogens with zero attached hydrogens (tertiary/aromatic N) is 3. The predicted molar refractivity (Wildman–Crippen MR) is 78.6 cm³/mol. The van der Waals surface area contributed by atoms with Crippen molar-refractivity contribution in [3.63, 3.8) is 0 Å². The van der Waals surface area contributed by atoms with E-state index in [4.69, 9.17) is 10.3 Å². The molecule has 0 unspecified atom stereocenters. The highest BCUT2D eigenvalue weighted by molar-refractivity contribution is 5.74. The molecule has 2 N–H and O–H groups in total. The monoisotopic (exact) mass is 272 g/mol. The molecule has 20 heavy (non-hydrogen) atoms. The molecule has 0 fully saturated rings. The first-order valence-electron chi connectivity index (χ1n) is 6.90. The van der Waals surface area contributed by atoms with Crippen molar-refractivity contribution in [1.82, 2.24) is 10.1 Å². The summed E-state index contributed by atoms with van der Waals surface area (Å²) in [5.41, 5.74) is 9.21. The third-order valence-corrected chi connectivity index (χ3v) is 3.58. The number of benzene rings is 1. The van der Waals surface area contributed by atoms with Crippen LogP contribution in [0.4, 0.5) is 11.4 Å². The first-order valence-corrected chi connectivity index (χ1v) is 6.90. The van der Waals surface area contributed by atoms with Crippen LogP contribution in [0.5, 0.6) is 0 Å². The SMILES string of the molecule is CC(C)(C)c1noc(CN2CCc3cccc(N)c32)n1. The fraction of sp³-hybridized carbons (Fsp3) is 0.467. The fourth-order valence-corrected chi connectivity index (χ4v) is 2.51. The van der Waals surface area contributed by atoms with Crippen molar-refractivity contribution in [2.75, 3.05) is 17.2 Å². The molecule has 0 radical (unpaired) electrons. The largest absolute Gasteiger partial charge is 0.397 e. The Hall–Kier alpha value is -2.04. The molecule has 1 aliphatic rings. The van der Waals surface area contributed by atoms with Crippen molar-refractivity contribution in [1.29, 1.82) is 0 Å². The Kier molecular flexibility index (Phi) is 2.92. The molecule has 1 aliphatic heterocycles. The Balaban J connectivity index is 1.83. The number of nitrogen functional groups attached to an aromatic ring is 1. The van der Waals surface area contributed by atoms with Crippen molar-refractivity contribution in [2.24, 2.45) is 0 Å². The standard InChI is InChI=1S/C15H20N4O/c1-15(2,3)14-17-12(20-18-14)9-19-8-7-10-5-4-6-11(16)13(10)19/h4-6H,7-9,16H2,1-3H3. The van der Waals surface area contributed by atoms with Crippen LogP contribution >= 0.6 is 0 Å². The average Bonchev–Trinajstić information content (AvgIpc) is 2.97. The Labute approximate surface area is 118 Å². The van der Waals surface area contributed by atoms with Crippen molar-refractivity contribution in [3.8, 4) is 0 Å². The third-order valence-electron chi connectivity index (χ3n) is 3.58. The number of fused-ring (bicyclic) bond motifs is 1. The molecule has 5 heteroatoms.